The molecule has 1 aromatic rings. The standard InChI is InChI=1S/C10H10N2O2/c11-6-7-12(8-10(13)14)9-4-2-1-3-5-9/h1-5H,7-8H2,(H,13,14). The molecule has 1 N–H and O–H groups in total. The Kier molecular flexibility index (Phi) is 3.50. The molecule has 14 heavy (non-hydrogen) atoms. The Balaban J connectivity index is 2.78. The van der Waals surface area contributed by atoms with Gasteiger partial charge in [-0.15, -0.1) is 0 Å². The molecule has 1 rings (SSSR count). The summed E-state index contributed by atoms with van der Waals surface area (Å²) in [6, 6.07) is 10.9. The summed E-state index contributed by atoms with van der Waals surface area (Å²) in [5.41, 5.74) is 0.747. The maximum Gasteiger partial charge on any atom is 0.323 e. The molecular weight excluding hydrogens is 180 g/mol. The minimum absolute atomic E-state index is 0.0797. The van der Waals surface area contributed by atoms with Crippen molar-refractivity contribution in [2.45, 2.75) is 0 Å². The molecule has 0 unspecified atom stereocenters. The van der Waals surface area contributed by atoms with Crippen LogP contribution < -0.4 is 4.90 Å². The van der Waals surface area contributed by atoms with Gasteiger partial charge in [-0.25, -0.2) is 0 Å². The summed E-state index contributed by atoms with van der Waals surface area (Å²) in [7, 11) is 0. The Morgan fingerprint density at radius 1 is 1.43 bits per heavy atom. The van der Waals surface area contributed by atoms with E-state index in [0.717, 1.165) is 5.69 Å². The van der Waals surface area contributed by atoms with Crippen LogP contribution in [-0.2, 0) is 4.79 Å². The van der Waals surface area contributed by atoms with Crippen LogP contribution in [0.5, 0.6) is 0 Å². The number of benzene rings is 1. The fraction of sp³-hybridized carbons (Fsp3) is 0.200. The van der Waals surface area contributed by atoms with Crippen molar-refractivity contribution in [3.8, 4) is 6.07 Å². The van der Waals surface area contributed by atoms with Crippen molar-refractivity contribution in [1.82, 2.24) is 0 Å². The Bertz CT molecular complexity index is 343. The van der Waals surface area contributed by atoms with Gasteiger partial charge in [0.2, 0.25) is 0 Å². The van der Waals surface area contributed by atoms with Gasteiger partial charge in [-0.1, -0.05) is 18.2 Å². The van der Waals surface area contributed by atoms with Gasteiger partial charge in [0.1, 0.15) is 13.1 Å². The molecule has 72 valence electrons. The van der Waals surface area contributed by atoms with Crippen LogP contribution in [0.25, 0.3) is 0 Å². The molecule has 0 bridgehead atoms. The van der Waals surface area contributed by atoms with E-state index in [1.165, 1.54) is 4.90 Å². The van der Waals surface area contributed by atoms with Crippen molar-refractivity contribution in [3.63, 3.8) is 0 Å². The fourth-order valence-corrected chi connectivity index (χ4v) is 1.13. The van der Waals surface area contributed by atoms with Crippen LogP contribution in [0.4, 0.5) is 5.69 Å². The number of hydrogen-bond acceptors (Lipinski definition) is 3. The minimum atomic E-state index is -0.941. The summed E-state index contributed by atoms with van der Waals surface area (Å²) in [6.45, 7) is -0.0755. The van der Waals surface area contributed by atoms with Crippen LogP contribution in [0, 0.1) is 11.3 Å². The van der Waals surface area contributed by atoms with Gasteiger partial charge in [-0.2, -0.15) is 5.26 Å². The number of carboxylic acid groups (broad SMARTS) is 1. The van der Waals surface area contributed by atoms with Crippen LogP contribution in [0.1, 0.15) is 0 Å². The van der Waals surface area contributed by atoms with Crippen molar-refractivity contribution >= 4 is 11.7 Å². The number of carboxylic acids is 1. The molecule has 0 aliphatic heterocycles. The Labute approximate surface area is 82.0 Å². The van der Waals surface area contributed by atoms with E-state index in [1.54, 1.807) is 12.1 Å². The second-order valence-corrected chi connectivity index (χ2v) is 2.74. The molecular formula is C10H10N2O2. The zero-order chi connectivity index (χ0) is 10.4. The van der Waals surface area contributed by atoms with E-state index in [4.69, 9.17) is 10.4 Å². The van der Waals surface area contributed by atoms with Gasteiger partial charge < -0.3 is 10.0 Å². The van der Waals surface area contributed by atoms with Gasteiger partial charge in [0.05, 0.1) is 6.07 Å². The van der Waals surface area contributed by atoms with Gasteiger partial charge in [0.15, 0.2) is 0 Å². The second-order valence-electron chi connectivity index (χ2n) is 2.74. The molecule has 0 saturated heterocycles. The molecule has 1 aromatic carbocycles. The number of anilines is 1. The van der Waals surface area contributed by atoms with Crippen LogP contribution in [-0.4, -0.2) is 24.2 Å². The number of aliphatic carboxylic acids is 1. The molecule has 4 nitrogen and oxygen atoms in total. The highest BCUT2D eigenvalue weighted by Gasteiger charge is 2.08. The molecule has 0 spiro atoms. The number of para-hydroxylation sites is 1. The summed E-state index contributed by atoms with van der Waals surface area (Å²) in [5, 5.41) is 17.1. The highest BCUT2D eigenvalue weighted by Crippen LogP contribution is 2.11. The number of nitrogens with zero attached hydrogens (tertiary/aromatic N) is 2. The average molecular weight is 190 g/mol. The predicted octanol–water partition coefficient (Wildman–Crippen LogP) is 1.10. The first-order valence-corrected chi connectivity index (χ1v) is 4.13. The SMILES string of the molecule is N#CCN(CC(=O)O)c1ccccc1. The van der Waals surface area contributed by atoms with E-state index in [-0.39, 0.29) is 13.1 Å². The van der Waals surface area contributed by atoms with Crippen LogP contribution in [0.3, 0.4) is 0 Å². The fourth-order valence-electron chi connectivity index (χ4n) is 1.13. The minimum Gasteiger partial charge on any atom is -0.480 e. The third-order valence-corrected chi connectivity index (χ3v) is 1.71. The average Bonchev–Trinajstić information content (AvgIpc) is 2.18. The van der Waals surface area contributed by atoms with E-state index < -0.39 is 5.97 Å². The number of carbonyl (C=O) groups is 1. The van der Waals surface area contributed by atoms with E-state index >= 15 is 0 Å². The predicted molar refractivity (Wildman–Crippen MR) is 51.9 cm³/mol. The molecule has 0 heterocycles. The van der Waals surface area contributed by atoms with Gasteiger partial charge >= 0.3 is 5.97 Å². The molecule has 0 aliphatic carbocycles. The van der Waals surface area contributed by atoms with Crippen molar-refractivity contribution < 1.29 is 9.90 Å². The monoisotopic (exact) mass is 190 g/mol. The van der Waals surface area contributed by atoms with Gasteiger partial charge in [0.25, 0.3) is 0 Å². The lowest BCUT2D eigenvalue weighted by atomic mass is 10.3. The third kappa shape index (κ3) is 2.79. The van der Waals surface area contributed by atoms with Crippen molar-refractivity contribution in [2.24, 2.45) is 0 Å². The number of nitriles is 1. The molecule has 0 saturated carbocycles. The van der Waals surface area contributed by atoms with E-state index in [0.29, 0.717) is 0 Å². The van der Waals surface area contributed by atoms with Gasteiger partial charge in [0, 0.05) is 5.69 Å². The van der Waals surface area contributed by atoms with Crippen molar-refractivity contribution in [1.29, 1.82) is 5.26 Å². The highest BCUT2D eigenvalue weighted by atomic mass is 16.4. The lowest BCUT2D eigenvalue weighted by molar-refractivity contribution is -0.135. The topological polar surface area (TPSA) is 64.3 Å². The zero-order valence-electron chi connectivity index (χ0n) is 7.55. The maximum atomic E-state index is 10.5. The molecule has 0 aliphatic rings. The van der Waals surface area contributed by atoms with Crippen molar-refractivity contribution in [3.05, 3.63) is 30.3 Å². The Morgan fingerprint density at radius 3 is 2.57 bits per heavy atom. The first-order valence-electron chi connectivity index (χ1n) is 4.13. The zero-order valence-corrected chi connectivity index (χ0v) is 7.55. The Morgan fingerprint density at radius 2 is 2.07 bits per heavy atom. The molecule has 0 radical (unpaired) electrons. The maximum absolute atomic E-state index is 10.5. The molecule has 0 atom stereocenters. The van der Waals surface area contributed by atoms with E-state index in [9.17, 15) is 4.79 Å². The summed E-state index contributed by atoms with van der Waals surface area (Å²) < 4.78 is 0. The summed E-state index contributed by atoms with van der Waals surface area (Å²) in [6.07, 6.45) is 0. The first kappa shape index (κ1) is 10.1. The normalized spacial score (nSPS) is 9.07. The lowest BCUT2D eigenvalue weighted by Crippen LogP contribution is -2.29. The third-order valence-electron chi connectivity index (χ3n) is 1.71. The Hall–Kier alpha value is -2.02. The molecule has 0 fully saturated rings. The molecule has 0 aromatic heterocycles. The van der Waals surface area contributed by atoms with Crippen LogP contribution >= 0.6 is 0 Å². The number of hydrogen-bond donors (Lipinski definition) is 1. The number of rotatable bonds is 4. The van der Waals surface area contributed by atoms with Gasteiger partial charge in [-0.05, 0) is 12.1 Å². The second kappa shape index (κ2) is 4.87. The quantitative estimate of drug-likeness (QED) is 0.722. The van der Waals surface area contributed by atoms with Crippen molar-refractivity contribution in [2.75, 3.05) is 18.0 Å². The highest BCUT2D eigenvalue weighted by molar-refractivity contribution is 5.73. The van der Waals surface area contributed by atoms with Crippen LogP contribution in [0.2, 0.25) is 0 Å². The van der Waals surface area contributed by atoms with E-state index in [1.807, 2.05) is 24.3 Å². The summed E-state index contributed by atoms with van der Waals surface area (Å²) in [5.74, 6) is -0.941. The summed E-state index contributed by atoms with van der Waals surface area (Å²) in [4.78, 5) is 12.0. The molecule has 4 heteroatoms. The van der Waals surface area contributed by atoms with Crippen LogP contribution in [0.15, 0.2) is 30.3 Å². The first-order chi connectivity index (χ1) is 6.74. The molecule has 0 amide bonds. The smallest absolute Gasteiger partial charge is 0.323 e. The lowest BCUT2D eigenvalue weighted by Gasteiger charge is -2.18. The van der Waals surface area contributed by atoms with E-state index in [2.05, 4.69) is 0 Å². The largest absolute Gasteiger partial charge is 0.480 e. The van der Waals surface area contributed by atoms with Gasteiger partial charge in [-0.3, -0.25) is 4.79 Å². The summed E-state index contributed by atoms with van der Waals surface area (Å²) >= 11 is 0.